The van der Waals surface area contributed by atoms with Crippen LogP contribution in [0, 0.1) is 18.3 Å². The number of piperazine rings is 1. The van der Waals surface area contributed by atoms with Gasteiger partial charge in [-0.1, -0.05) is 45.4 Å². The van der Waals surface area contributed by atoms with Gasteiger partial charge in [0, 0.05) is 38.2 Å². The van der Waals surface area contributed by atoms with E-state index in [1.165, 1.54) is 6.33 Å². The van der Waals surface area contributed by atoms with Crippen molar-refractivity contribution >= 4 is 23.3 Å². The molecular weight excluding hydrogens is 424 g/mol. The molecule has 3 rings (SSSR count). The highest BCUT2D eigenvalue weighted by atomic mass is 35.5. The first-order valence-electron chi connectivity index (χ1n) is 11.3. The number of aryl methyl sites for hydroxylation is 1. The van der Waals surface area contributed by atoms with Gasteiger partial charge in [-0.25, -0.2) is 9.97 Å². The van der Waals surface area contributed by atoms with Gasteiger partial charge in [0.15, 0.2) is 0 Å². The van der Waals surface area contributed by atoms with Crippen molar-refractivity contribution in [3.8, 4) is 11.6 Å². The Hall–Kier alpha value is -2.34. The number of amides is 1. The fraction of sp³-hybridized carbons (Fsp3) is 0.560. The van der Waals surface area contributed by atoms with Gasteiger partial charge in [-0.15, -0.1) is 0 Å². The fourth-order valence-electron chi connectivity index (χ4n) is 4.43. The summed E-state index contributed by atoms with van der Waals surface area (Å²) >= 11 is 6.25. The molecule has 32 heavy (non-hydrogen) atoms. The van der Waals surface area contributed by atoms with Crippen LogP contribution < -0.4 is 9.64 Å². The van der Waals surface area contributed by atoms with Gasteiger partial charge in [-0.3, -0.25) is 4.79 Å². The monoisotopic (exact) mass is 458 g/mol. The number of carbonyl (C=O) groups is 1. The molecule has 2 aromatic rings. The molecule has 0 saturated carbocycles. The van der Waals surface area contributed by atoms with Crippen LogP contribution in [0.4, 0.5) is 5.82 Å². The molecule has 1 aliphatic heterocycles. The molecule has 6 nitrogen and oxygen atoms in total. The van der Waals surface area contributed by atoms with Crippen molar-refractivity contribution in [2.45, 2.75) is 60.4 Å². The maximum Gasteiger partial charge on any atom is 0.224 e. The second-order valence-electron chi connectivity index (χ2n) is 10.2. The Balaban J connectivity index is 1.62. The summed E-state index contributed by atoms with van der Waals surface area (Å²) in [6.07, 6.45) is 3.15. The van der Waals surface area contributed by atoms with Crippen molar-refractivity contribution in [1.82, 2.24) is 14.9 Å². The average Bonchev–Trinajstić information content (AvgIpc) is 2.69. The lowest BCUT2D eigenvalue weighted by molar-refractivity contribution is -0.134. The van der Waals surface area contributed by atoms with Crippen LogP contribution in [0.5, 0.6) is 11.6 Å². The molecule has 2 heterocycles. The van der Waals surface area contributed by atoms with E-state index in [2.05, 4.69) is 49.5 Å². The predicted molar refractivity (Wildman–Crippen MR) is 130 cm³/mol. The van der Waals surface area contributed by atoms with Crippen molar-refractivity contribution in [3.05, 3.63) is 41.2 Å². The molecule has 7 heteroatoms. The average molecular weight is 459 g/mol. The summed E-state index contributed by atoms with van der Waals surface area (Å²) in [5.74, 6) is 2.44. The minimum absolute atomic E-state index is 0.114. The summed E-state index contributed by atoms with van der Waals surface area (Å²) in [5, 5.41) is 0.539. The fourth-order valence-corrected chi connectivity index (χ4v) is 4.59. The molecule has 1 amide bonds. The number of aromatic nitrogens is 2. The minimum Gasteiger partial charge on any atom is -0.437 e. The SMILES string of the molecule is Cc1ccc(Cl)c(Oc2cc(N3CCN(C(=O)C[C@H](C)CC(C)(C)C)[C@H](C)C3)ncn2)c1. The molecule has 0 N–H and O–H groups in total. The molecule has 2 atom stereocenters. The van der Waals surface area contributed by atoms with E-state index in [9.17, 15) is 4.79 Å². The van der Waals surface area contributed by atoms with Crippen LogP contribution in [0.25, 0.3) is 0 Å². The standard InChI is InChI=1S/C25H35ClN4O2/c1-17-7-8-20(26)21(11-17)32-23-13-22(27-16-28-23)29-9-10-30(19(3)15-29)24(31)12-18(2)14-25(4,5)6/h7-8,11,13,16,18-19H,9-10,12,14-15H2,1-6H3/t18-,19+/m0/s1. The molecule has 0 unspecified atom stereocenters. The number of benzene rings is 1. The highest BCUT2D eigenvalue weighted by Gasteiger charge is 2.29. The molecule has 1 fully saturated rings. The predicted octanol–water partition coefficient (Wildman–Crippen LogP) is 5.73. The zero-order valence-electron chi connectivity index (χ0n) is 20.1. The van der Waals surface area contributed by atoms with Gasteiger partial charge in [-0.05, 0) is 49.3 Å². The van der Waals surface area contributed by atoms with Crippen LogP contribution in [0.15, 0.2) is 30.6 Å². The van der Waals surface area contributed by atoms with E-state index in [-0.39, 0.29) is 17.4 Å². The van der Waals surface area contributed by atoms with Crippen LogP contribution in [0.1, 0.15) is 53.0 Å². The zero-order chi connectivity index (χ0) is 23.5. The van der Waals surface area contributed by atoms with Gasteiger partial charge in [-0.2, -0.15) is 0 Å². The number of anilines is 1. The van der Waals surface area contributed by atoms with Gasteiger partial charge < -0.3 is 14.5 Å². The number of halogens is 1. The molecule has 1 saturated heterocycles. The van der Waals surface area contributed by atoms with Crippen molar-refractivity contribution in [1.29, 1.82) is 0 Å². The van der Waals surface area contributed by atoms with Gasteiger partial charge >= 0.3 is 0 Å². The normalized spacial score (nSPS) is 17.9. The van der Waals surface area contributed by atoms with E-state index in [4.69, 9.17) is 16.3 Å². The first-order valence-corrected chi connectivity index (χ1v) is 11.7. The summed E-state index contributed by atoms with van der Waals surface area (Å²) in [7, 11) is 0. The lowest BCUT2D eigenvalue weighted by Gasteiger charge is -2.41. The Morgan fingerprint density at radius 1 is 1.25 bits per heavy atom. The number of rotatable bonds is 6. The van der Waals surface area contributed by atoms with Crippen molar-refractivity contribution in [2.75, 3.05) is 24.5 Å². The van der Waals surface area contributed by atoms with Crippen molar-refractivity contribution < 1.29 is 9.53 Å². The van der Waals surface area contributed by atoms with Crippen molar-refractivity contribution in [3.63, 3.8) is 0 Å². The first-order chi connectivity index (χ1) is 15.0. The lowest BCUT2D eigenvalue weighted by Crippen LogP contribution is -2.54. The Morgan fingerprint density at radius 2 is 2.00 bits per heavy atom. The molecule has 0 spiro atoms. The second kappa shape index (κ2) is 10.1. The molecule has 0 bridgehead atoms. The zero-order valence-corrected chi connectivity index (χ0v) is 20.8. The van der Waals surface area contributed by atoms with Gasteiger partial charge in [0.25, 0.3) is 0 Å². The Kier molecular flexibility index (Phi) is 7.65. The quantitative estimate of drug-likeness (QED) is 0.553. The molecule has 1 aliphatic rings. The molecule has 0 radical (unpaired) electrons. The Bertz CT molecular complexity index is 944. The first kappa shape index (κ1) is 24.3. The van der Waals surface area contributed by atoms with E-state index in [0.29, 0.717) is 35.5 Å². The number of carbonyl (C=O) groups excluding carboxylic acids is 1. The van der Waals surface area contributed by atoms with Crippen LogP contribution in [0.3, 0.4) is 0 Å². The molecule has 1 aromatic carbocycles. The molecule has 174 valence electrons. The lowest BCUT2D eigenvalue weighted by atomic mass is 9.84. The second-order valence-corrected chi connectivity index (χ2v) is 10.6. The van der Waals surface area contributed by atoms with Crippen LogP contribution in [-0.4, -0.2) is 46.5 Å². The van der Waals surface area contributed by atoms with E-state index in [1.54, 1.807) is 0 Å². The van der Waals surface area contributed by atoms with E-state index in [1.807, 2.05) is 36.1 Å². The highest BCUT2D eigenvalue weighted by Crippen LogP contribution is 2.31. The van der Waals surface area contributed by atoms with Gasteiger partial charge in [0.1, 0.15) is 17.9 Å². The maximum atomic E-state index is 12.9. The molecule has 1 aromatic heterocycles. The summed E-state index contributed by atoms with van der Waals surface area (Å²) in [5.41, 5.74) is 1.30. The summed E-state index contributed by atoms with van der Waals surface area (Å²) in [4.78, 5) is 25.8. The number of hydrogen-bond donors (Lipinski definition) is 0. The number of hydrogen-bond acceptors (Lipinski definition) is 5. The Labute approximate surface area is 196 Å². The smallest absolute Gasteiger partial charge is 0.224 e. The third-order valence-corrected chi connectivity index (χ3v) is 6.00. The largest absolute Gasteiger partial charge is 0.437 e. The molecular formula is C25H35ClN4O2. The van der Waals surface area contributed by atoms with E-state index >= 15 is 0 Å². The topological polar surface area (TPSA) is 58.6 Å². The molecule has 0 aliphatic carbocycles. The summed E-state index contributed by atoms with van der Waals surface area (Å²) in [6, 6.07) is 7.58. The van der Waals surface area contributed by atoms with Crippen LogP contribution in [0.2, 0.25) is 5.02 Å². The third kappa shape index (κ3) is 6.58. The van der Waals surface area contributed by atoms with Gasteiger partial charge in [0.2, 0.25) is 11.8 Å². The maximum absolute atomic E-state index is 12.9. The summed E-state index contributed by atoms with van der Waals surface area (Å²) in [6.45, 7) is 15.1. The van der Waals surface area contributed by atoms with Gasteiger partial charge in [0.05, 0.1) is 5.02 Å². The number of nitrogens with zero attached hydrogens (tertiary/aromatic N) is 4. The highest BCUT2D eigenvalue weighted by molar-refractivity contribution is 6.32. The van der Waals surface area contributed by atoms with Crippen molar-refractivity contribution in [2.24, 2.45) is 11.3 Å². The summed E-state index contributed by atoms with van der Waals surface area (Å²) < 4.78 is 5.92. The Morgan fingerprint density at radius 3 is 2.69 bits per heavy atom. The third-order valence-electron chi connectivity index (χ3n) is 5.68. The van der Waals surface area contributed by atoms with Crippen LogP contribution >= 0.6 is 11.6 Å². The van der Waals surface area contributed by atoms with Crippen LogP contribution in [-0.2, 0) is 4.79 Å². The van der Waals surface area contributed by atoms with E-state index < -0.39 is 0 Å². The minimum atomic E-state index is 0.114. The van der Waals surface area contributed by atoms with E-state index in [0.717, 1.165) is 30.9 Å². The number of ether oxygens (including phenoxy) is 1.